The standard InChI is InChI=1S/C21H23N6O6S/c1-12-8-14(33-23-12)10-27-19(28)16-9-15(34(30,31)25-21(3)6-7-21)4-5-17(16)26(20(27)29)11-18-22-13(2)32-24-18/h4-5,8-9,15,25H,6-7,10-11H2,1-3H3/q+1. The fourth-order valence-corrected chi connectivity index (χ4v) is 5.49. The lowest BCUT2D eigenvalue weighted by molar-refractivity contribution is -0.455. The molecule has 1 unspecified atom stereocenters. The predicted octanol–water partition coefficient (Wildman–Crippen LogP) is 1.13. The smallest absolute Gasteiger partial charge is 0.357 e. The summed E-state index contributed by atoms with van der Waals surface area (Å²) in [5.41, 5.74) is 0.505. The van der Waals surface area contributed by atoms with E-state index in [2.05, 4.69) is 20.0 Å². The third-order valence-electron chi connectivity index (χ3n) is 5.89. The fraction of sp³-hybridized carbons (Fsp3) is 0.429. The monoisotopic (exact) mass is 487 g/mol. The number of fused-ring (bicyclic) bond motifs is 1. The van der Waals surface area contributed by atoms with Gasteiger partial charge in [-0.3, -0.25) is 0 Å². The van der Waals surface area contributed by atoms with Gasteiger partial charge in [-0.2, -0.15) is 14.4 Å². The topological polar surface area (TPSA) is 152 Å². The number of rotatable bonds is 7. The first kappa shape index (κ1) is 22.3. The molecule has 2 aromatic rings. The molecule has 1 saturated carbocycles. The lowest BCUT2D eigenvalue weighted by Gasteiger charge is -2.25. The molecule has 12 nitrogen and oxygen atoms in total. The van der Waals surface area contributed by atoms with E-state index in [1.54, 1.807) is 19.9 Å². The number of nitrogens with zero attached hydrogens (tertiary/aromatic N) is 5. The first-order valence-electron chi connectivity index (χ1n) is 10.7. The van der Waals surface area contributed by atoms with Gasteiger partial charge < -0.3 is 9.05 Å². The van der Waals surface area contributed by atoms with E-state index in [-0.39, 0.29) is 30.2 Å². The van der Waals surface area contributed by atoms with Gasteiger partial charge in [0.15, 0.2) is 18.8 Å². The van der Waals surface area contributed by atoms with Gasteiger partial charge in [0.1, 0.15) is 16.5 Å². The largest absolute Gasteiger partial charge is 0.502 e. The molecule has 13 heteroatoms. The van der Waals surface area contributed by atoms with Crippen molar-refractivity contribution in [2.45, 2.75) is 57.5 Å². The lowest BCUT2D eigenvalue weighted by Crippen LogP contribution is -2.51. The fourth-order valence-electron chi connectivity index (χ4n) is 3.86. The van der Waals surface area contributed by atoms with Crippen molar-refractivity contribution in [2.24, 2.45) is 0 Å². The van der Waals surface area contributed by atoms with Crippen LogP contribution in [0.1, 0.15) is 42.9 Å². The molecule has 0 aromatic carbocycles. The van der Waals surface area contributed by atoms with Crippen LogP contribution in [0.15, 0.2) is 38.9 Å². The minimum atomic E-state index is -3.78. The van der Waals surface area contributed by atoms with Gasteiger partial charge in [-0.05, 0) is 38.8 Å². The zero-order valence-corrected chi connectivity index (χ0v) is 19.6. The van der Waals surface area contributed by atoms with Crippen LogP contribution in [0, 0.1) is 13.8 Å². The Morgan fingerprint density at radius 3 is 2.62 bits per heavy atom. The summed E-state index contributed by atoms with van der Waals surface area (Å²) in [7, 11) is -3.78. The summed E-state index contributed by atoms with van der Waals surface area (Å²) in [4.78, 5) is 31.9. The van der Waals surface area contributed by atoms with Crippen molar-refractivity contribution in [2.75, 3.05) is 0 Å². The molecule has 0 spiro atoms. The van der Waals surface area contributed by atoms with Crippen molar-refractivity contribution >= 4 is 27.7 Å². The first-order chi connectivity index (χ1) is 16.0. The Bertz CT molecular complexity index is 1390. The van der Waals surface area contributed by atoms with E-state index in [1.807, 2.05) is 6.92 Å². The number of urea groups is 1. The molecule has 0 bridgehead atoms. The molecule has 2 aromatic heterocycles. The number of carbonyl (C=O) groups excluding carboxylic acids is 2. The van der Waals surface area contributed by atoms with E-state index in [1.165, 1.54) is 22.8 Å². The van der Waals surface area contributed by atoms with Crippen LogP contribution in [-0.2, 0) is 27.9 Å². The molecule has 0 saturated heterocycles. The van der Waals surface area contributed by atoms with Crippen LogP contribution in [-0.4, -0.2) is 61.6 Å². The summed E-state index contributed by atoms with van der Waals surface area (Å²) in [6.07, 6.45) is 5.81. The Hall–Kier alpha value is -3.45. The molecule has 0 radical (unpaired) electrons. The second kappa shape index (κ2) is 7.81. The Morgan fingerprint density at radius 1 is 1.24 bits per heavy atom. The van der Waals surface area contributed by atoms with Crippen LogP contribution < -0.4 is 4.72 Å². The number of allylic oxidation sites excluding steroid dienone is 1. The molecule has 34 heavy (non-hydrogen) atoms. The number of aryl methyl sites for hydroxylation is 2. The van der Waals surface area contributed by atoms with Crippen molar-refractivity contribution < 1.29 is 31.6 Å². The summed E-state index contributed by atoms with van der Waals surface area (Å²) in [5, 5.41) is 6.57. The van der Waals surface area contributed by atoms with Crippen LogP contribution >= 0.6 is 0 Å². The number of aromatic nitrogens is 3. The maximum Gasteiger partial charge on any atom is 0.502 e. The summed E-state index contributed by atoms with van der Waals surface area (Å²) in [6, 6.07) is 0.998. The Morgan fingerprint density at radius 2 is 2.00 bits per heavy atom. The highest BCUT2D eigenvalue weighted by Gasteiger charge is 2.48. The third kappa shape index (κ3) is 4.12. The highest BCUT2D eigenvalue weighted by molar-refractivity contribution is 7.90. The number of carbonyl (C=O) groups is 2. The Balaban J connectivity index is 1.54. The van der Waals surface area contributed by atoms with E-state index in [9.17, 15) is 18.0 Å². The minimum Gasteiger partial charge on any atom is -0.357 e. The Labute approximate surface area is 195 Å². The van der Waals surface area contributed by atoms with Crippen LogP contribution in [0.2, 0.25) is 0 Å². The summed E-state index contributed by atoms with van der Waals surface area (Å²) in [6.45, 7) is 4.95. The maximum atomic E-state index is 13.4. The average Bonchev–Trinajstić information content (AvgIpc) is 3.14. The highest BCUT2D eigenvalue weighted by Crippen LogP contribution is 2.36. The van der Waals surface area contributed by atoms with Gasteiger partial charge in [0, 0.05) is 18.5 Å². The molecule has 1 aliphatic heterocycles. The molecule has 2 aliphatic carbocycles. The van der Waals surface area contributed by atoms with Crippen molar-refractivity contribution in [3.05, 3.63) is 53.0 Å². The number of sulfonamides is 1. The number of hydrogen-bond acceptors (Lipinski definition) is 9. The second-order valence-corrected chi connectivity index (χ2v) is 10.8. The van der Waals surface area contributed by atoms with Gasteiger partial charge in [0.25, 0.3) is 0 Å². The van der Waals surface area contributed by atoms with Crippen LogP contribution in [0.25, 0.3) is 0 Å². The molecule has 5 rings (SSSR count). The second-order valence-electron chi connectivity index (χ2n) is 8.92. The average molecular weight is 488 g/mol. The van der Waals surface area contributed by atoms with Gasteiger partial charge in [-0.1, -0.05) is 16.4 Å². The first-order valence-corrected chi connectivity index (χ1v) is 12.2. The van der Waals surface area contributed by atoms with E-state index in [0.29, 0.717) is 17.3 Å². The molecular weight excluding hydrogens is 464 g/mol. The summed E-state index contributed by atoms with van der Waals surface area (Å²) in [5.74, 6) is 0.262. The van der Waals surface area contributed by atoms with Crippen molar-refractivity contribution in [3.8, 4) is 0 Å². The van der Waals surface area contributed by atoms with Crippen molar-refractivity contribution in [1.29, 1.82) is 0 Å². The Kier molecular flexibility index (Phi) is 5.13. The van der Waals surface area contributed by atoms with Crippen molar-refractivity contribution in [1.82, 2.24) is 24.9 Å². The molecule has 1 fully saturated rings. The SMILES string of the molecule is Cc1cc(CN2C(=O)C3=CC(S(=O)(=O)NC4(C)CC4)C=CC3=[N+](Cc3noc(C)n3)C2=O)on1. The minimum absolute atomic E-state index is 0.0693. The molecule has 178 valence electrons. The highest BCUT2D eigenvalue weighted by atomic mass is 32.2. The number of amides is 3. The van der Waals surface area contributed by atoms with E-state index >= 15 is 0 Å². The molecule has 1 N–H and O–H groups in total. The molecule has 1 atom stereocenters. The third-order valence-corrected chi connectivity index (χ3v) is 7.67. The van der Waals surface area contributed by atoms with E-state index < -0.39 is 32.8 Å². The van der Waals surface area contributed by atoms with Gasteiger partial charge in [-0.25, -0.2) is 17.9 Å². The predicted molar refractivity (Wildman–Crippen MR) is 116 cm³/mol. The molecule has 3 aliphatic rings. The van der Waals surface area contributed by atoms with Crippen LogP contribution in [0.5, 0.6) is 0 Å². The number of imide groups is 1. The van der Waals surface area contributed by atoms with Gasteiger partial charge in [-0.15, -0.1) is 4.90 Å². The van der Waals surface area contributed by atoms with Gasteiger partial charge >= 0.3 is 11.9 Å². The summed E-state index contributed by atoms with van der Waals surface area (Å²) < 4.78 is 40.1. The lowest BCUT2D eigenvalue weighted by atomic mass is 9.99. The summed E-state index contributed by atoms with van der Waals surface area (Å²) >= 11 is 0. The normalized spacial score (nSPS) is 21.7. The number of nitrogens with one attached hydrogen (secondary N) is 1. The van der Waals surface area contributed by atoms with Crippen LogP contribution in [0.4, 0.5) is 4.79 Å². The zero-order valence-electron chi connectivity index (χ0n) is 18.8. The van der Waals surface area contributed by atoms with E-state index in [4.69, 9.17) is 9.05 Å². The van der Waals surface area contributed by atoms with Crippen molar-refractivity contribution in [3.63, 3.8) is 0 Å². The van der Waals surface area contributed by atoms with E-state index in [0.717, 1.165) is 17.7 Å². The quantitative estimate of drug-likeness (QED) is 0.567. The zero-order chi connectivity index (χ0) is 24.3. The maximum absolute atomic E-state index is 13.4. The molecule has 3 amide bonds. The molecular formula is C21H23N6O6S+. The van der Waals surface area contributed by atoms with Crippen LogP contribution in [0.3, 0.4) is 0 Å². The molecule has 3 heterocycles. The number of hydrogen-bond donors (Lipinski definition) is 1. The van der Waals surface area contributed by atoms with Gasteiger partial charge in [0.05, 0.1) is 5.69 Å². The van der Waals surface area contributed by atoms with Gasteiger partial charge in [0.2, 0.25) is 21.7 Å².